The van der Waals surface area contributed by atoms with Crippen LogP contribution in [0.15, 0.2) is 60.7 Å². The standard InChI is InChI=1S/C23H22FN3O6/c1-15-11-21(27(26-15)18-9-7-17(24)8-10-18)32-14-20(28)19(12-22(29)30)25-23(31)33-13-16-5-3-2-4-6-16/h2-11,19H,12-14H2,1H3,(H,25,31)(H,29,30)/t19-/m0/s1. The molecular formula is C23H22FN3O6. The van der Waals surface area contributed by atoms with E-state index in [0.29, 0.717) is 11.4 Å². The summed E-state index contributed by atoms with van der Waals surface area (Å²) in [4.78, 5) is 35.9. The SMILES string of the molecule is Cc1cc(OCC(=O)[C@H](CC(=O)O)NC(=O)OCc2ccccc2)n(-c2ccc(F)cc2)n1. The Balaban J connectivity index is 1.63. The van der Waals surface area contributed by atoms with Crippen molar-refractivity contribution in [3.8, 4) is 11.6 Å². The number of carboxylic acid groups (broad SMARTS) is 1. The van der Waals surface area contributed by atoms with Crippen molar-refractivity contribution in [3.63, 3.8) is 0 Å². The lowest BCUT2D eigenvalue weighted by Crippen LogP contribution is -2.44. The van der Waals surface area contributed by atoms with Crippen LogP contribution < -0.4 is 10.1 Å². The number of halogens is 1. The number of ether oxygens (including phenoxy) is 2. The summed E-state index contributed by atoms with van der Waals surface area (Å²) in [6.07, 6.45) is -1.57. The maximum Gasteiger partial charge on any atom is 0.408 e. The molecule has 1 heterocycles. The first-order chi connectivity index (χ1) is 15.8. The van der Waals surface area contributed by atoms with E-state index in [1.54, 1.807) is 37.3 Å². The second kappa shape index (κ2) is 10.9. The Hall–Kier alpha value is -4.21. The van der Waals surface area contributed by atoms with Gasteiger partial charge in [-0.25, -0.2) is 13.9 Å². The highest BCUT2D eigenvalue weighted by Crippen LogP contribution is 2.20. The molecule has 3 rings (SSSR count). The van der Waals surface area contributed by atoms with Gasteiger partial charge < -0.3 is 19.9 Å². The number of hydrogen-bond donors (Lipinski definition) is 2. The Kier molecular flexibility index (Phi) is 7.74. The van der Waals surface area contributed by atoms with Crippen LogP contribution in [0.25, 0.3) is 5.69 Å². The van der Waals surface area contributed by atoms with Crippen molar-refractivity contribution in [1.82, 2.24) is 15.1 Å². The number of nitrogens with zero attached hydrogens (tertiary/aromatic N) is 2. The fourth-order valence-corrected chi connectivity index (χ4v) is 2.92. The lowest BCUT2D eigenvalue weighted by molar-refractivity contribution is -0.139. The molecule has 1 amide bonds. The van der Waals surface area contributed by atoms with Crippen molar-refractivity contribution in [2.75, 3.05) is 6.61 Å². The number of carbonyl (C=O) groups excluding carboxylic acids is 2. The smallest absolute Gasteiger partial charge is 0.408 e. The second-order valence-electron chi connectivity index (χ2n) is 7.12. The summed E-state index contributed by atoms with van der Waals surface area (Å²) in [5.41, 5.74) is 1.84. The lowest BCUT2D eigenvalue weighted by atomic mass is 10.1. The van der Waals surface area contributed by atoms with Gasteiger partial charge >= 0.3 is 12.1 Å². The molecule has 9 nitrogen and oxygen atoms in total. The minimum Gasteiger partial charge on any atom is -0.481 e. The van der Waals surface area contributed by atoms with Crippen molar-refractivity contribution in [3.05, 3.63) is 77.7 Å². The number of hydrogen-bond acceptors (Lipinski definition) is 6. The Morgan fingerprint density at radius 2 is 1.82 bits per heavy atom. The van der Waals surface area contributed by atoms with E-state index >= 15 is 0 Å². The molecule has 0 saturated carbocycles. The fraction of sp³-hybridized carbons (Fsp3) is 0.217. The maximum absolute atomic E-state index is 13.2. The minimum absolute atomic E-state index is 0.0344. The van der Waals surface area contributed by atoms with Crippen LogP contribution in [0, 0.1) is 12.7 Å². The molecule has 3 aromatic rings. The van der Waals surface area contributed by atoms with E-state index in [-0.39, 0.29) is 12.5 Å². The molecule has 10 heteroatoms. The first-order valence-corrected chi connectivity index (χ1v) is 9.99. The Morgan fingerprint density at radius 1 is 1.12 bits per heavy atom. The molecule has 0 spiro atoms. The molecule has 2 N–H and O–H groups in total. The van der Waals surface area contributed by atoms with Crippen molar-refractivity contribution in [2.45, 2.75) is 26.0 Å². The number of ketones is 1. The largest absolute Gasteiger partial charge is 0.481 e. The molecule has 1 aromatic heterocycles. The van der Waals surface area contributed by atoms with Crippen LogP contribution in [-0.2, 0) is 20.9 Å². The van der Waals surface area contributed by atoms with E-state index in [1.165, 1.54) is 28.9 Å². The number of benzene rings is 2. The quantitative estimate of drug-likeness (QED) is 0.482. The number of nitrogens with one attached hydrogen (secondary N) is 1. The fourth-order valence-electron chi connectivity index (χ4n) is 2.92. The highest BCUT2D eigenvalue weighted by molar-refractivity contribution is 5.91. The van der Waals surface area contributed by atoms with Gasteiger partial charge in [-0.2, -0.15) is 5.10 Å². The van der Waals surface area contributed by atoms with Gasteiger partial charge in [0.25, 0.3) is 0 Å². The van der Waals surface area contributed by atoms with Crippen LogP contribution in [0.2, 0.25) is 0 Å². The Morgan fingerprint density at radius 3 is 2.48 bits per heavy atom. The Labute approximate surface area is 188 Å². The van der Waals surface area contributed by atoms with E-state index < -0.39 is 42.7 Å². The predicted octanol–water partition coefficient (Wildman–Crippen LogP) is 3.04. The molecular weight excluding hydrogens is 433 g/mol. The van der Waals surface area contributed by atoms with Gasteiger partial charge in [-0.05, 0) is 36.8 Å². The first-order valence-electron chi connectivity index (χ1n) is 9.99. The molecule has 2 aromatic carbocycles. The molecule has 0 radical (unpaired) electrons. The van der Waals surface area contributed by atoms with Gasteiger partial charge in [-0.15, -0.1) is 0 Å². The predicted molar refractivity (Wildman–Crippen MR) is 115 cm³/mol. The zero-order chi connectivity index (χ0) is 23.8. The average Bonchev–Trinajstić information content (AvgIpc) is 3.17. The second-order valence-corrected chi connectivity index (χ2v) is 7.12. The highest BCUT2D eigenvalue weighted by Gasteiger charge is 2.25. The molecule has 0 bridgehead atoms. The van der Waals surface area contributed by atoms with Gasteiger partial charge in [0.2, 0.25) is 5.88 Å². The molecule has 0 aliphatic carbocycles. The van der Waals surface area contributed by atoms with E-state index in [9.17, 15) is 18.8 Å². The van der Waals surface area contributed by atoms with E-state index in [1.807, 2.05) is 6.07 Å². The molecule has 1 atom stereocenters. The van der Waals surface area contributed by atoms with Gasteiger partial charge in [0.15, 0.2) is 12.4 Å². The maximum atomic E-state index is 13.2. The van der Waals surface area contributed by atoms with E-state index in [2.05, 4.69) is 10.4 Å². The third-order valence-corrected chi connectivity index (χ3v) is 4.50. The number of alkyl carbamates (subject to hydrolysis) is 1. The number of rotatable bonds is 10. The number of aromatic nitrogens is 2. The van der Waals surface area contributed by atoms with Gasteiger partial charge in [-0.3, -0.25) is 9.59 Å². The minimum atomic E-state index is -1.35. The topological polar surface area (TPSA) is 120 Å². The van der Waals surface area contributed by atoms with Crippen molar-refractivity contribution in [1.29, 1.82) is 0 Å². The third kappa shape index (κ3) is 6.89. The summed E-state index contributed by atoms with van der Waals surface area (Å²) in [7, 11) is 0. The molecule has 0 saturated heterocycles. The molecule has 33 heavy (non-hydrogen) atoms. The number of carbonyl (C=O) groups is 3. The normalized spacial score (nSPS) is 11.5. The summed E-state index contributed by atoms with van der Waals surface area (Å²) in [5, 5.41) is 15.7. The number of aliphatic carboxylic acids is 1. The van der Waals surface area contributed by atoms with Crippen molar-refractivity contribution < 1.29 is 33.4 Å². The summed E-state index contributed by atoms with van der Waals surface area (Å²) < 4.78 is 25.2. The van der Waals surface area contributed by atoms with Crippen LogP contribution in [-0.4, -0.2) is 45.4 Å². The van der Waals surface area contributed by atoms with Crippen LogP contribution in [0.1, 0.15) is 17.7 Å². The number of aryl methyl sites for hydroxylation is 1. The summed E-state index contributed by atoms with van der Waals surface area (Å²) in [5.74, 6) is -2.15. The van der Waals surface area contributed by atoms with Crippen LogP contribution in [0.3, 0.4) is 0 Å². The lowest BCUT2D eigenvalue weighted by Gasteiger charge is -2.16. The highest BCUT2D eigenvalue weighted by atomic mass is 19.1. The first kappa shape index (κ1) is 23.5. The number of Topliss-reactive ketones (excluding diaryl/α,β-unsaturated/α-hetero) is 1. The zero-order valence-corrected chi connectivity index (χ0v) is 17.7. The molecule has 172 valence electrons. The van der Waals surface area contributed by atoms with E-state index in [0.717, 1.165) is 5.56 Å². The monoisotopic (exact) mass is 455 g/mol. The van der Waals surface area contributed by atoms with Gasteiger partial charge in [0.1, 0.15) is 18.5 Å². The van der Waals surface area contributed by atoms with Crippen LogP contribution >= 0.6 is 0 Å². The molecule has 0 unspecified atom stereocenters. The van der Waals surface area contributed by atoms with Crippen LogP contribution in [0.4, 0.5) is 9.18 Å². The zero-order valence-electron chi connectivity index (χ0n) is 17.7. The molecule has 0 aliphatic heterocycles. The summed E-state index contributed by atoms with van der Waals surface area (Å²) >= 11 is 0. The third-order valence-electron chi connectivity index (χ3n) is 4.50. The summed E-state index contributed by atoms with van der Waals surface area (Å²) in [6.45, 7) is 1.16. The van der Waals surface area contributed by atoms with Gasteiger partial charge in [0, 0.05) is 6.07 Å². The number of carboxylic acids is 1. The van der Waals surface area contributed by atoms with Gasteiger partial charge in [0.05, 0.1) is 17.8 Å². The average molecular weight is 455 g/mol. The van der Waals surface area contributed by atoms with Crippen LogP contribution in [0.5, 0.6) is 5.88 Å². The Bertz CT molecular complexity index is 1110. The molecule has 0 aliphatic rings. The number of amides is 1. The molecule has 0 fully saturated rings. The van der Waals surface area contributed by atoms with E-state index in [4.69, 9.17) is 14.6 Å². The van der Waals surface area contributed by atoms with Gasteiger partial charge in [-0.1, -0.05) is 30.3 Å². The van der Waals surface area contributed by atoms with Crippen molar-refractivity contribution >= 4 is 17.8 Å². The van der Waals surface area contributed by atoms with Crippen molar-refractivity contribution in [2.24, 2.45) is 0 Å². The summed E-state index contributed by atoms with van der Waals surface area (Å²) in [6, 6.07) is 14.6.